The fraction of sp³-hybridized carbons (Fsp3) is 0.600. The number of likely N-dealkylation sites (tertiary alicyclic amines) is 1. The third-order valence-electron chi connectivity index (χ3n) is 6.49. The summed E-state index contributed by atoms with van der Waals surface area (Å²) in [7, 11) is 1.95. The standard InChI is InChI=1S/C25H32F3N3O4/c1-24(2,3)21-14-31(13-18-6-5-11-33-18)23(35-21)29-22(32)19-12-16(25(26,27)28)7-8-20(19)34-15-17-9-10-30(17)4/h7-8,12,14,17-18H,5-6,9-11,13,15H2,1-4H3/b29-23-/t17-,18+/m0/s1. The van der Waals surface area contributed by atoms with Gasteiger partial charge in [-0.2, -0.15) is 18.2 Å². The van der Waals surface area contributed by atoms with E-state index in [4.69, 9.17) is 13.9 Å². The number of hydrogen-bond acceptors (Lipinski definition) is 5. The number of hydrogen-bond donors (Lipinski definition) is 0. The van der Waals surface area contributed by atoms with Crippen LogP contribution >= 0.6 is 0 Å². The normalized spacial score (nSPS) is 21.9. The molecule has 1 amide bonds. The Kier molecular flexibility index (Phi) is 7.15. The van der Waals surface area contributed by atoms with Crippen molar-refractivity contribution >= 4 is 5.91 Å². The van der Waals surface area contributed by atoms with Crippen LogP contribution in [-0.4, -0.2) is 54.3 Å². The summed E-state index contributed by atoms with van der Waals surface area (Å²) in [5, 5.41) is 0. The number of amides is 1. The van der Waals surface area contributed by atoms with Gasteiger partial charge in [0.15, 0.2) is 0 Å². The lowest BCUT2D eigenvalue weighted by molar-refractivity contribution is -0.137. The van der Waals surface area contributed by atoms with E-state index >= 15 is 0 Å². The highest BCUT2D eigenvalue weighted by Gasteiger charge is 2.33. The average molecular weight is 496 g/mol. The van der Waals surface area contributed by atoms with E-state index in [1.165, 1.54) is 6.07 Å². The van der Waals surface area contributed by atoms with Crippen molar-refractivity contribution in [1.29, 1.82) is 0 Å². The van der Waals surface area contributed by atoms with Crippen LogP contribution < -0.4 is 10.4 Å². The molecule has 0 radical (unpaired) electrons. The van der Waals surface area contributed by atoms with Gasteiger partial charge in [-0.3, -0.25) is 14.3 Å². The van der Waals surface area contributed by atoms with E-state index in [1.807, 2.05) is 27.8 Å². The predicted molar refractivity (Wildman–Crippen MR) is 122 cm³/mol. The number of aromatic nitrogens is 1. The Balaban J connectivity index is 1.70. The van der Waals surface area contributed by atoms with Crippen molar-refractivity contribution in [3.8, 4) is 5.75 Å². The predicted octanol–water partition coefficient (Wildman–Crippen LogP) is 4.40. The molecule has 2 aliphatic rings. The number of halogens is 3. The van der Waals surface area contributed by atoms with Crippen molar-refractivity contribution in [3.05, 3.63) is 47.0 Å². The van der Waals surface area contributed by atoms with Crippen molar-refractivity contribution in [2.45, 2.75) is 70.3 Å². The zero-order valence-electron chi connectivity index (χ0n) is 20.5. The Morgan fingerprint density at radius 3 is 2.57 bits per heavy atom. The van der Waals surface area contributed by atoms with Gasteiger partial charge in [0, 0.05) is 24.3 Å². The Hall–Kier alpha value is -2.59. The van der Waals surface area contributed by atoms with Gasteiger partial charge < -0.3 is 13.9 Å². The Morgan fingerprint density at radius 2 is 2.00 bits per heavy atom. The summed E-state index contributed by atoms with van der Waals surface area (Å²) in [6, 6.07) is 3.06. The largest absolute Gasteiger partial charge is 0.491 e. The van der Waals surface area contributed by atoms with Gasteiger partial charge in [0.25, 0.3) is 5.91 Å². The minimum atomic E-state index is -4.61. The average Bonchev–Trinajstić information content (AvgIpc) is 3.42. The topological polar surface area (TPSA) is 69.2 Å². The molecule has 2 fully saturated rings. The highest BCUT2D eigenvalue weighted by Crippen LogP contribution is 2.33. The second kappa shape index (κ2) is 9.81. The Labute approximate surface area is 202 Å². The minimum Gasteiger partial charge on any atom is -0.491 e. The molecule has 0 N–H and O–H groups in total. The van der Waals surface area contributed by atoms with Crippen LogP contribution in [0.3, 0.4) is 0 Å². The maximum atomic E-state index is 13.4. The number of alkyl halides is 3. The molecule has 2 aromatic rings. The number of rotatable bonds is 6. The number of carbonyl (C=O) groups is 1. The van der Waals surface area contributed by atoms with Crippen LogP contribution in [0.5, 0.6) is 5.75 Å². The number of likely N-dealkylation sites (N-methyl/N-ethyl adjacent to an activating group) is 1. The van der Waals surface area contributed by atoms with Crippen LogP contribution in [0.25, 0.3) is 0 Å². The van der Waals surface area contributed by atoms with E-state index in [2.05, 4.69) is 9.89 Å². The van der Waals surface area contributed by atoms with Crippen molar-refractivity contribution in [1.82, 2.24) is 9.47 Å². The molecule has 2 saturated heterocycles. The smallest absolute Gasteiger partial charge is 0.416 e. The first kappa shape index (κ1) is 25.5. The highest BCUT2D eigenvalue weighted by molar-refractivity contribution is 5.97. The summed E-state index contributed by atoms with van der Waals surface area (Å²) in [4.78, 5) is 19.4. The molecule has 192 valence electrons. The maximum absolute atomic E-state index is 13.4. The SMILES string of the molecule is CN1CC[C@H]1COc1ccc(C(F)(F)F)cc1C(=O)/N=c1\oc(C(C)(C)C)cn1C[C@H]1CCCO1. The van der Waals surface area contributed by atoms with E-state index in [0.717, 1.165) is 37.9 Å². The van der Waals surface area contributed by atoms with Gasteiger partial charge in [0.2, 0.25) is 0 Å². The van der Waals surface area contributed by atoms with Crippen LogP contribution in [0.15, 0.2) is 33.8 Å². The van der Waals surface area contributed by atoms with E-state index < -0.39 is 17.6 Å². The zero-order chi connectivity index (χ0) is 25.4. The van der Waals surface area contributed by atoms with Crippen LogP contribution in [0.2, 0.25) is 0 Å². The molecule has 2 atom stereocenters. The second-order valence-electron chi connectivity index (χ2n) is 10.3. The second-order valence-corrected chi connectivity index (χ2v) is 10.3. The van der Waals surface area contributed by atoms with Crippen LogP contribution in [0.4, 0.5) is 13.2 Å². The van der Waals surface area contributed by atoms with Crippen molar-refractivity contribution in [2.75, 3.05) is 26.8 Å². The summed E-state index contributed by atoms with van der Waals surface area (Å²) < 4.78 is 59.4. The van der Waals surface area contributed by atoms with Crippen LogP contribution in [-0.2, 0) is 22.9 Å². The number of carbonyl (C=O) groups excluding carboxylic acids is 1. The molecule has 0 unspecified atom stereocenters. The van der Waals surface area contributed by atoms with E-state index in [0.29, 0.717) is 18.9 Å². The lowest BCUT2D eigenvalue weighted by Gasteiger charge is -2.37. The molecule has 10 heteroatoms. The first-order valence-corrected chi connectivity index (χ1v) is 11.9. The molecule has 2 aliphatic heterocycles. The molecular weight excluding hydrogens is 463 g/mol. The van der Waals surface area contributed by atoms with Gasteiger partial charge in [0.1, 0.15) is 18.1 Å². The zero-order valence-corrected chi connectivity index (χ0v) is 20.5. The number of ether oxygens (including phenoxy) is 2. The lowest BCUT2D eigenvalue weighted by atomic mass is 9.94. The van der Waals surface area contributed by atoms with Gasteiger partial charge in [-0.1, -0.05) is 20.8 Å². The number of oxazole rings is 1. The number of benzene rings is 1. The third kappa shape index (κ3) is 5.98. The monoisotopic (exact) mass is 495 g/mol. The molecule has 1 aromatic heterocycles. The van der Waals surface area contributed by atoms with E-state index in [-0.39, 0.29) is 41.2 Å². The van der Waals surface area contributed by atoms with Gasteiger partial charge in [-0.25, -0.2) is 0 Å². The fourth-order valence-corrected chi connectivity index (χ4v) is 4.07. The summed E-state index contributed by atoms with van der Waals surface area (Å²) in [5.41, 5.74) is -1.52. The van der Waals surface area contributed by atoms with Gasteiger partial charge >= 0.3 is 11.9 Å². The van der Waals surface area contributed by atoms with Crippen LogP contribution in [0, 0.1) is 0 Å². The molecule has 0 bridgehead atoms. The van der Waals surface area contributed by atoms with Crippen molar-refractivity contribution in [2.24, 2.45) is 4.99 Å². The maximum Gasteiger partial charge on any atom is 0.416 e. The first-order valence-electron chi connectivity index (χ1n) is 11.9. The van der Waals surface area contributed by atoms with Crippen molar-refractivity contribution in [3.63, 3.8) is 0 Å². The molecule has 0 saturated carbocycles. The van der Waals surface area contributed by atoms with Gasteiger partial charge in [0.05, 0.1) is 23.8 Å². The van der Waals surface area contributed by atoms with Crippen molar-refractivity contribution < 1.29 is 31.9 Å². The van der Waals surface area contributed by atoms with E-state index in [9.17, 15) is 18.0 Å². The van der Waals surface area contributed by atoms with E-state index in [1.54, 1.807) is 10.8 Å². The van der Waals surface area contributed by atoms with Crippen LogP contribution in [0.1, 0.15) is 61.7 Å². The Bertz CT molecular complexity index is 1120. The molecule has 0 aliphatic carbocycles. The molecule has 1 aromatic carbocycles. The minimum absolute atomic E-state index is 0.0255. The lowest BCUT2D eigenvalue weighted by Crippen LogP contribution is -2.48. The molecular formula is C25H32F3N3O4. The summed E-state index contributed by atoms with van der Waals surface area (Å²) >= 11 is 0. The molecule has 4 rings (SSSR count). The third-order valence-corrected chi connectivity index (χ3v) is 6.49. The first-order chi connectivity index (χ1) is 16.4. The molecule has 7 nitrogen and oxygen atoms in total. The summed E-state index contributed by atoms with van der Waals surface area (Å²) in [5.74, 6) is -0.181. The Morgan fingerprint density at radius 1 is 1.23 bits per heavy atom. The fourth-order valence-electron chi connectivity index (χ4n) is 4.07. The quantitative estimate of drug-likeness (QED) is 0.594. The molecule has 35 heavy (non-hydrogen) atoms. The van der Waals surface area contributed by atoms with Gasteiger partial charge in [-0.05, 0) is 51.1 Å². The summed E-state index contributed by atoms with van der Waals surface area (Å²) in [6.07, 6.45) is -0.119. The molecule has 0 spiro atoms. The molecule has 3 heterocycles. The number of nitrogens with zero attached hydrogens (tertiary/aromatic N) is 3. The highest BCUT2D eigenvalue weighted by atomic mass is 19.4. The van der Waals surface area contributed by atoms with Gasteiger partial charge in [-0.15, -0.1) is 0 Å². The summed E-state index contributed by atoms with van der Waals surface area (Å²) in [6.45, 7) is 8.20.